The van der Waals surface area contributed by atoms with Gasteiger partial charge in [-0.15, -0.1) is 12.4 Å². The number of rotatable bonds is 4. The second kappa shape index (κ2) is 7.21. The number of nitrogens with one attached hydrogen (secondary N) is 2. The van der Waals surface area contributed by atoms with Crippen LogP contribution in [-0.4, -0.2) is 21.6 Å². The van der Waals surface area contributed by atoms with Crippen LogP contribution in [0.3, 0.4) is 0 Å². The molecule has 25 heavy (non-hydrogen) atoms. The molecule has 0 atom stereocenters. The summed E-state index contributed by atoms with van der Waals surface area (Å²) in [6.07, 6.45) is 0. The molecule has 0 spiro atoms. The molecule has 0 bridgehead atoms. The Balaban J connectivity index is 0.00000182. The standard InChI is InChI=1S/C17H18N2O4S.ClH/c20-24(21,16-3-1-2-15-17(16)23-7-6-22-15)19-9-12-4-5-13-10-18-11-14(13)8-12;/h1-5,8,18-19H,6-7,9-11H2;1H. The molecule has 0 saturated heterocycles. The van der Waals surface area contributed by atoms with E-state index in [4.69, 9.17) is 9.47 Å². The minimum atomic E-state index is -3.68. The third-order valence-corrected chi connectivity index (χ3v) is 5.61. The normalized spacial score (nSPS) is 15.4. The predicted octanol–water partition coefficient (Wildman–Crippen LogP) is 1.96. The molecule has 0 aromatic heterocycles. The van der Waals surface area contributed by atoms with E-state index in [-0.39, 0.29) is 29.6 Å². The first kappa shape index (κ1) is 18.0. The second-order valence-corrected chi connectivity index (χ2v) is 7.55. The largest absolute Gasteiger partial charge is 0.486 e. The first-order chi connectivity index (χ1) is 11.6. The molecule has 0 fully saturated rings. The molecule has 0 unspecified atom stereocenters. The smallest absolute Gasteiger partial charge is 0.244 e. The number of sulfonamides is 1. The summed E-state index contributed by atoms with van der Waals surface area (Å²) in [5.41, 5.74) is 3.42. The number of ether oxygens (including phenoxy) is 2. The van der Waals surface area contributed by atoms with E-state index in [1.165, 1.54) is 17.2 Å². The summed E-state index contributed by atoms with van der Waals surface area (Å²) < 4.78 is 38.9. The maximum atomic E-state index is 12.7. The Hall–Kier alpha value is -1.80. The molecule has 2 aliphatic heterocycles. The summed E-state index contributed by atoms with van der Waals surface area (Å²) in [5.74, 6) is 0.752. The highest BCUT2D eigenvalue weighted by atomic mass is 35.5. The van der Waals surface area contributed by atoms with Crippen LogP contribution >= 0.6 is 12.4 Å². The molecule has 134 valence electrons. The second-order valence-electron chi connectivity index (χ2n) is 5.81. The first-order valence-corrected chi connectivity index (χ1v) is 9.31. The number of benzene rings is 2. The Bertz CT molecular complexity index is 886. The molecule has 0 saturated carbocycles. The number of hydrogen-bond acceptors (Lipinski definition) is 5. The molecule has 2 N–H and O–H groups in total. The molecule has 8 heteroatoms. The van der Waals surface area contributed by atoms with Crippen LogP contribution in [0.5, 0.6) is 11.5 Å². The molecule has 0 radical (unpaired) electrons. The van der Waals surface area contributed by atoms with Gasteiger partial charge in [-0.1, -0.05) is 24.3 Å². The summed E-state index contributed by atoms with van der Waals surface area (Å²) in [6, 6.07) is 10.9. The van der Waals surface area contributed by atoms with Crippen molar-refractivity contribution in [1.29, 1.82) is 0 Å². The Morgan fingerprint density at radius 1 is 1.04 bits per heavy atom. The van der Waals surface area contributed by atoms with Crippen molar-refractivity contribution >= 4 is 22.4 Å². The van der Waals surface area contributed by atoms with E-state index >= 15 is 0 Å². The third kappa shape index (κ3) is 3.59. The van der Waals surface area contributed by atoms with Crippen LogP contribution in [0.1, 0.15) is 16.7 Å². The Morgan fingerprint density at radius 2 is 1.84 bits per heavy atom. The summed E-state index contributed by atoms with van der Waals surface area (Å²) >= 11 is 0. The highest BCUT2D eigenvalue weighted by Crippen LogP contribution is 2.36. The first-order valence-electron chi connectivity index (χ1n) is 7.83. The Morgan fingerprint density at radius 3 is 2.72 bits per heavy atom. The summed E-state index contributed by atoms with van der Waals surface area (Å²) in [4.78, 5) is 0.113. The van der Waals surface area contributed by atoms with Crippen molar-refractivity contribution in [3.63, 3.8) is 0 Å². The van der Waals surface area contributed by atoms with Gasteiger partial charge in [-0.3, -0.25) is 0 Å². The third-order valence-electron chi connectivity index (χ3n) is 4.19. The van der Waals surface area contributed by atoms with Gasteiger partial charge in [0.05, 0.1) is 0 Å². The van der Waals surface area contributed by atoms with Gasteiger partial charge >= 0.3 is 0 Å². The van der Waals surface area contributed by atoms with Crippen LogP contribution in [0.2, 0.25) is 0 Å². The molecule has 6 nitrogen and oxygen atoms in total. The number of para-hydroxylation sites is 1. The summed E-state index contributed by atoms with van der Waals surface area (Å²) in [6.45, 7) is 2.70. The van der Waals surface area contributed by atoms with Gasteiger partial charge in [0.25, 0.3) is 0 Å². The quantitative estimate of drug-likeness (QED) is 0.845. The van der Waals surface area contributed by atoms with E-state index in [1.54, 1.807) is 12.1 Å². The summed E-state index contributed by atoms with van der Waals surface area (Å²) in [7, 11) is -3.68. The van der Waals surface area contributed by atoms with Gasteiger partial charge in [0.15, 0.2) is 11.5 Å². The van der Waals surface area contributed by atoms with Crippen molar-refractivity contribution in [2.24, 2.45) is 0 Å². The van der Waals surface area contributed by atoms with Crippen LogP contribution in [0, 0.1) is 0 Å². The average molecular weight is 383 g/mol. The molecule has 2 aromatic rings. The van der Waals surface area contributed by atoms with E-state index in [1.807, 2.05) is 18.2 Å². The van der Waals surface area contributed by atoms with Gasteiger partial charge in [-0.2, -0.15) is 0 Å². The fraction of sp³-hybridized carbons (Fsp3) is 0.294. The van der Waals surface area contributed by atoms with E-state index in [0.717, 1.165) is 18.7 Å². The van der Waals surface area contributed by atoms with Crippen LogP contribution in [0.4, 0.5) is 0 Å². The molecular formula is C17H19ClN2O4S. The van der Waals surface area contributed by atoms with Crippen LogP contribution in [0.15, 0.2) is 41.3 Å². The van der Waals surface area contributed by atoms with Gasteiger partial charge in [0.2, 0.25) is 10.0 Å². The molecule has 2 aromatic carbocycles. The molecule has 2 aliphatic rings. The number of halogens is 1. The highest BCUT2D eigenvalue weighted by molar-refractivity contribution is 7.89. The van der Waals surface area contributed by atoms with E-state index in [0.29, 0.717) is 19.0 Å². The van der Waals surface area contributed by atoms with Crippen molar-refractivity contribution in [2.75, 3.05) is 13.2 Å². The molecule has 0 aliphatic carbocycles. The molecule has 2 heterocycles. The Kier molecular flexibility index (Phi) is 5.19. The van der Waals surface area contributed by atoms with Gasteiger partial charge < -0.3 is 14.8 Å². The maximum absolute atomic E-state index is 12.7. The fourth-order valence-electron chi connectivity index (χ4n) is 2.97. The van der Waals surface area contributed by atoms with E-state index in [9.17, 15) is 8.42 Å². The molecule has 4 rings (SSSR count). The Labute approximate surface area is 153 Å². The van der Waals surface area contributed by atoms with Gasteiger partial charge in [-0.25, -0.2) is 13.1 Å². The van der Waals surface area contributed by atoms with Crippen molar-refractivity contribution in [1.82, 2.24) is 10.0 Å². The van der Waals surface area contributed by atoms with Crippen molar-refractivity contribution in [2.45, 2.75) is 24.5 Å². The monoisotopic (exact) mass is 382 g/mol. The minimum absolute atomic E-state index is 0. The van der Waals surface area contributed by atoms with Crippen LogP contribution < -0.4 is 19.5 Å². The maximum Gasteiger partial charge on any atom is 0.244 e. The lowest BCUT2D eigenvalue weighted by atomic mass is 10.1. The van der Waals surface area contributed by atoms with Crippen molar-refractivity contribution < 1.29 is 17.9 Å². The van der Waals surface area contributed by atoms with Crippen molar-refractivity contribution in [3.05, 3.63) is 53.1 Å². The van der Waals surface area contributed by atoms with Gasteiger partial charge in [0, 0.05) is 19.6 Å². The van der Waals surface area contributed by atoms with E-state index in [2.05, 4.69) is 10.0 Å². The average Bonchev–Trinajstić information content (AvgIpc) is 3.07. The van der Waals surface area contributed by atoms with Crippen LogP contribution in [0.25, 0.3) is 0 Å². The van der Waals surface area contributed by atoms with Crippen LogP contribution in [-0.2, 0) is 29.7 Å². The van der Waals surface area contributed by atoms with Gasteiger partial charge in [-0.05, 0) is 28.8 Å². The fourth-order valence-corrected chi connectivity index (χ4v) is 4.15. The summed E-state index contributed by atoms with van der Waals surface area (Å²) in [5, 5.41) is 3.28. The SMILES string of the molecule is Cl.O=S(=O)(NCc1ccc2c(c1)CNC2)c1cccc2c1OCCO2. The lowest BCUT2D eigenvalue weighted by molar-refractivity contribution is 0.167. The zero-order chi connectivity index (χ0) is 16.6. The zero-order valence-corrected chi connectivity index (χ0v) is 15.1. The van der Waals surface area contributed by atoms with Crippen molar-refractivity contribution in [3.8, 4) is 11.5 Å². The number of hydrogen-bond donors (Lipinski definition) is 2. The highest BCUT2D eigenvalue weighted by Gasteiger charge is 2.25. The molecular weight excluding hydrogens is 364 g/mol. The van der Waals surface area contributed by atoms with E-state index < -0.39 is 10.0 Å². The lowest BCUT2D eigenvalue weighted by Crippen LogP contribution is -2.25. The predicted molar refractivity (Wildman–Crippen MR) is 95.7 cm³/mol. The lowest BCUT2D eigenvalue weighted by Gasteiger charge is -2.20. The zero-order valence-electron chi connectivity index (χ0n) is 13.4. The topological polar surface area (TPSA) is 76.7 Å². The number of fused-ring (bicyclic) bond motifs is 2. The minimum Gasteiger partial charge on any atom is -0.486 e. The molecule has 0 amide bonds. The van der Waals surface area contributed by atoms with Gasteiger partial charge in [0.1, 0.15) is 18.1 Å².